The van der Waals surface area contributed by atoms with Gasteiger partial charge >= 0.3 is 0 Å². The lowest BCUT2D eigenvalue weighted by molar-refractivity contribution is -0.128. The third-order valence-corrected chi connectivity index (χ3v) is 3.72. The standard InChI is InChI=1S/C14H26N2O3/c1-10-5-3-4-6-12(10)19-8-7-16-14(18)11(2)9-13(15)17/h10-12H,3-9H2,1-2H3,(H2,15,17)(H,16,18)/t10-,11+,12+/m0/s1. The van der Waals surface area contributed by atoms with E-state index in [0.717, 1.165) is 6.42 Å². The highest BCUT2D eigenvalue weighted by atomic mass is 16.5. The van der Waals surface area contributed by atoms with Gasteiger partial charge in [0.2, 0.25) is 11.8 Å². The summed E-state index contributed by atoms with van der Waals surface area (Å²) in [4.78, 5) is 22.3. The third kappa shape index (κ3) is 6.05. The van der Waals surface area contributed by atoms with Crippen LogP contribution in [0, 0.1) is 11.8 Å². The lowest BCUT2D eigenvalue weighted by Crippen LogP contribution is -2.35. The average molecular weight is 270 g/mol. The number of nitrogens with two attached hydrogens (primary N) is 1. The van der Waals surface area contributed by atoms with Crippen molar-refractivity contribution in [3.8, 4) is 0 Å². The largest absolute Gasteiger partial charge is 0.376 e. The van der Waals surface area contributed by atoms with Gasteiger partial charge in [-0.15, -0.1) is 0 Å². The van der Waals surface area contributed by atoms with E-state index >= 15 is 0 Å². The summed E-state index contributed by atoms with van der Waals surface area (Å²) in [6.07, 6.45) is 5.29. The van der Waals surface area contributed by atoms with Crippen molar-refractivity contribution >= 4 is 11.8 Å². The Morgan fingerprint density at radius 2 is 2.05 bits per heavy atom. The number of nitrogens with one attached hydrogen (secondary N) is 1. The molecule has 0 aromatic carbocycles. The Kier molecular flexibility index (Phi) is 6.84. The molecule has 2 amide bonds. The lowest BCUT2D eigenvalue weighted by atomic mass is 9.88. The first-order valence-corrected chi connectivity index (χ1v) is 7.18. The van der Waals surface area contributed by atoms with E-state index < -0.39 is 5.91 Å². The smallest absolute Gasteiger partial charge is 0.223 e. The van der Waals surface area contributed by atoms with Gasteiger partial charge in [-0.1, -0.05) is 26.7 Å². The summed E-state index contributed by atoms with van der Waals surface area (Å²) in [5, 5.41) is 2.77. The molecule has 0 unspecified atom stereocenters. The third-order valence-electron chi connectivity index (χ3n) is 3.72. The predicted molar refractivity (Wildman–Crippen MR) is 73.4 cm³/mol. The van der Waals surface area contributed by atoms with Crippen LogP contribution >= 0.6 is 0 Å². The van der Waals surface area contributed by atoms with Crippen molar-refractivity contribution < 1.29 is 14.3 Å². The number of hydrogen-bond donors (Lipinski definition) is 2. The molecular formula is C14H26N2O3. The highest BCUT2D eigenvalue weighted by Gasteiger charge is 2.21. The number of primary amides is 1. The number of carbonyl (C=O) groups is 2. The van der Waals surface area contributed by atoms with Crippen LogP contribution in [0.1, 0.15) is 46.0 Å². The summed E-state index contributed by atoms with van der Waals surface area (Å²) in [5.41, 5.74) is 5.06. The second kappa shape index (κ2) is 8.15. The SMILES string of the molecule is C[C@H](CC(N)=O)C(=O)NCCO[C@@H]1CCCC[C@@H]1C. The monoisotopic (exact) mass is 270 g/mol. The average Bonchev–Trinajstić information content (AvgIpc) is 2.35. The van der Waals surface area contributed by atoms with Gasteiger partial charge < -0.3 is 15.8 Å². The number of rotatable bonds is 7. The van der Waals surface area contributed by atoms with Crippen LogP contribution in [0.3, 0.4) is 0 Å². The van der Waals surface area contributed by atoms with Crippen molar-refractivity contribution in [1.82, 2.24) is 5.32 Å². The zero-order valence-electron chi connectivity index (χ0n) is 12.0. The van der Waals surface area contributed by atoms with Crippen LogP contribution < -0.4 is 11.1 Å². The molecule has 1 aliphatic carbocycles. The van der Waals surface area contributed by atoms with Crippen LogP contribution in [0.2, 0.25) is 0 Å². The summed E-state index contributed by atoms with van der Waals surface area (Å²) >= 11 is 0. The fourth-order valence-electron chi connectivity index (χ4n) is 2.48. The Morgan fingerprint density at radius 3 is 2.68 bits per heavy atom. The minimum atomic E-state index is -0.449. The normalized spacial score (nSPS) is 24.7. The maximum Gasteiger partial charge on any atom is 0.223 e. The van der Waals surface area contributed by atoms with Gasteiger partial charge in [-0.3, -0.25) is 9.59 Å². The van der Waals surface area contributed by atoms with E-state index in [9.17, 15) is 9.59 Å². The molecule has 5 nitrogen and oxygen atoms in total. The van der Waals surface area contributed by atoms with Gasteiger partial charge in [0.1, 0.15) is 0 Å². The molecule has 0 aromatic rings. The maximum atomic E-state index is 11.6. The van der Waals surface area contributed by atoms with Gasteiger partial charge in [0.25, 0.3) is 0 Å². The molecule has 0 heterocycles. The van der Waals surface area contributed by atoms with Crippen LogP contribution in [-0.2, 0) is 14.3 Å². The summed E-state index contributed by atoms with van der Waals surface area (Å²) < 4.78 is 5.80. The molecule has 0 radical (unpaired) electrons. The fraction of sp³-hybridized carbons (Fsp3) is 0.857. The van der Waals surface area contributed by atoms with Crippen LogP contribution in [0.15, 0.2) is 0 Å². The first-order chi connectivity index (χ1) is 9.00. The van der Waals surface area contributed by atoms with E-state index in [1.165, 1.54) is 19.3 Å². The van der Waals surface area contributed by atoms with Gasteiger partial charge in [-0.25, -0.2) is 0 Å². The highest BCUT2D eigenvalue weighted by Crippen LogP contribution is 2.25. The molecule has 0 aliphatic heterocycles. The van der Waals surface area contributed by atoms with E-state index in [0.29, 0.717) is 25.2 Å². The van der Waals surface area contributed by atoms with Crippen LogP contribution in [0.25, 0.3) is 0 Å². The zero-order valence-corrected chi connectivity index (χ0v) is 12.0. The first kappa shape index (κ1) is 16.0. The first-order valence-electron chi connectivity index (χ1n) is 7.18. The van der Waals surface area contributed by atoms with Crippen molar-refractivity contribution in [2.75, 3.05) is 13.2 Å². The number of hydrogen-bond acceptors (Lipinski definition) is 3. The van der Waals surface area contributed by atoms with Gasteiger partial charge in [-0.2, -0.15) is 0 Å². The summed E-state index contributed by atoms with van der Waals surface area (Å²) in [5.74, 6) is -0.349. The second-order valence-corrected chi connectivity index (χ2v) is 5.53. The van der Waals surface area contributed by atoms with Gasteiger partial charge in [-0.05, 0) is 18.8 Å². The molecule has 3 atom stereocenters. The van der Waals surface area contributed by atoms with Crippen molar-refractivity contribution in [2.24, 2.45) is 17.6 Å². The van der Waals surface area contributed by atoms with E-state index in [-0.39, 0.29) is 18.2 Å². The quantitative estimate of drug-likeness (QED) is 0.682. The molecule has 0 saturated heterocycles. The van der Waals surface area contributed by atoms with E-state index in [4.69, 9.17) is 10.5 Å². The molecule has 1 saturated carbocycles. The van der Waals surface area contributed by atoms with E-state index in [1.54, 1.807) is 6.92 Å². The summed E-state index contributed by atoms with van der Waals surface area (Å²) in [6.45, 7) is 4.94. The molecule has 0 bridgehead atoms. The summed E-state index contributed by atoms with van der Waals surface area (Å²) in [7, 11) is 0. The molecule has 5 heteroatoms. The Balaban J connectivity index is 2.12. The summed E-state index contributed by atoms with van der Waals surface area (Å²) in [6, 6.07) is 0. The van der Waals surface area contributed by atoms with Crippen LogP contribution in [0.5, 0.6) is 0 Å². The number of carbonyl (C=O) groups excluding carboxylic acids is 2. The predicted octanol–water partition coefficient (Wildman–Crippen LogP) is 1.21. The van der Waals surface area contributed by atoms with Crippen molar-refractivity contribution in [2.45, 2.75) is 52.1 Å². The van der Waals surface area contributed by atoms with Crippen molar-refractivity contribution in [3.05, 3.63) is 0 Å². The van der Waals surface area contributed by atoms with E-state index in [1.807, 2.05) is 0 Å². The minimum Gasteiger partial charge on any atom is -0.376 e. The Hall–Kier alpha value is -1.10. The fourth-order valence-corrected chi connectivity index (χ4v) is 2.48. The maximum absolute atomic E-state index is 11.6. The molecule has 1 aliphatic rings. The Labute approximate surface area is 115 Å². The van der Waals surface area contributed by atoms with Crippen molar-refractivity contribution in [3.63, 3.8) is 0 Å². The zero-order chi connectivity index (χ0) is 14.3. The molecule has 0 aromatic heterocycles. The van der Waals surface area contributed by atoms with Gasteiger partial charge in [0.15, 0.2) is 0 Å². The van der Waals surface area contributed by atoms with E-state index in [2.05, 4.69) is 12.2 Å². The Bertz CT molecular complexity index is 307. The topological polar surface area (TPSA) is 81.4 Å². The number of ether oxygens (including phenoxy) is 1. The number of amides is 2. The van der Waals surface area contributed by atoms with Crippen LogP contribution in [0.4, 0.5) is 0 Å². The van der Waals surface area contributed by atoms with Gasteiger partial charge in [0, 0.05) is 18.9 Å². The molecule has 1 fully saturated rings. The molecule has 3 N–H and O–H groups in total. The Morgan fingerprint density at radius 1 is 1.37 bits per heavy atom. The highest BCUT2D eigenvalue weighted by molar-refractivity contribution is 5.84. The lowest BCUT2D eigenvalue weighted by Gasteiger charge is -2.28. The molecule has 1 rings (SSSR count). The van der Waals surface area contributed by atoms with Crippen molar-refractivity contribution in [1.29, 1.82) is 0 Å². The second-order valence-electron chi connectivity index (χ2n) is 5.53. The molecule has 19 heavy (non-hydrogen) atoms. The van der Waals surface area contributed by atoms with Gasteiger partial charge in [0.05, 0.1) is 12.7 Å². The van der Waals surface area contributed by atoms with Crippen LogP contribution in [-0.4, -0.2) is 31.1 Å². The molecule has 0 spiro atoms. The molecule has 110 valence electrons. The molecular weight excluding hydrogens is 244 g/mol. The minimum absolute atomic E-state index is 0.0896.